The Hall–Kier alpha value is -0.0138. The second kappa shape index (κ2) is 10.8. The van der Waals surface area contributed by atoms with Crippen molar-refractivity contribution in [1.82, 2.24) is 0 Å². The van der Waals surface area contributed by atoms with Crippen LogP contribution in [0.5, 0.6) is 5.75 Å². The molecule has 0 bridgehead atoms. The Balaban J connectivity index is 0.00000132. The average Bonchev–Trinajstić information content (AvgIpc) is 3.32. The number of halogens is 2. The van der Waals surface area contributed by atoms with Crippen molar-refractivity contribution in [2.45, 2.75) is 25.4 Å². The molecule has 2 aromatic rings. The Kier molecular flexibility index (Phi) is 9.85. The molecule has 118 valence electrons. The van der Waals surface area contributed by atoms with Crippen LogP contribution >= 0.6 is 11.6 Å². The Morgan fingerprint density at radius 2 is 1.83 bits per heavy atom. The summed E-state index contributed by atoms with van der Waals surface area (Å²) < 4.78 is 11.2. The number of ether oxygens (including phenoxy) is 2. The van der Waals surface area contributed by atoms with Crippen LogP contribution < -0.4 is 28.7 Å². The van der Waals surface area contributed by atoms with E-state index < -0.39 is 0 Å². The maximum absolute atomic E-state index is 6.16. The molecule has 0 amide bonds. The van der Waals surface area contributed by atoms with Gasteiger partial charge in [-0.3, -0.25) is 0 Å². The minimum absolute atomic E-state index is 0. The third-order valence-corrected chi connectivity index (χ3v) is 3.81. The van der Waals surface area contributed by atoms with Crippen molar-refractivity contribution in [3.63, 3.8) is 0 Å². The first kappa shape index (κ1) is 21.0. The smallest absolute Gasteiger partial charge is 1.00 e. The van der Waals surface area contributed by atoms with Gasteiger partial charge in [-0.05, 0) is 31.4 Å². The molecule has 0 radical (unpaired) electrons. The molecule has 23 heavy (non-hydrogen) atoms. The van der Waals surface area contributed by atoms with Crippen LogP contribution in [-0.2, 0) is 11.2 Å². The molecule has 0 atom stereocenters. The Bertz CT molecular complexity index is 588. The summed E-state index contributed by atoms with van der Waals surface area (Å²) in [4.78, 5) is 0. The average molecular weight is 453 g/mol. The van der Waals surface area contributed by atoms with Gasteiger partial charge >= 0.3 is 23.1 Å². The van der Waals surface area contributed by atoms with Gasteiger partial charge in [0.25, 0.3) is 0 Å². The van der Waals surface area contributed by atoms with Crippen molar-refractivity contribution >= 4 is 34.7 Å². The summed E-state index contributed by atoms with van der Waals surface area (Å²) in [5.41, 5.74) is 2.30. The molecule has 5 heteroatoms. The third-order valence-electron chi connectivity index (χ3n) is 3.44. The van der Waals surface area contributed by atoms with E-state index in [0.717, 1.165) is 22.8 Å². The van der Waals surface area contributed by atoms with Crippen LogP contribution in [0.15, 0.2) is 42.5 Å². The fourth-order valence-electron chi connectivity index (χ4n) is 2.11. The summed E-state index contributed by atoms with van der Waals surface area (Å²) in [6.45, 7) is 1.27. The molecule has 0 aliphatic heterocycles. The van der Waals surface area contributed by atoms with Gasteiger partial charge in [0.1, 0.15) is 12.4 Å². The number of hydrogen-bond acceptors (Lipinski definition) is 2. The van der Waals surface area contributed by atoms with E-state index in [2.05, 4.69) is 18.2 Å². The zero-order valence-electron chi connectivity index (χ0n) is 12.9. The number of benzene rings is 2. The molecular weight excluding hydrogens is 435 g/mol. The quantitative estimate of drug-likeness (QED) is 0.269. The van der Waals surface area contributed by atoms with Gasteiger partial charge in [0, 0.05) is 0 Å². The van der Waals surface area contributed by atoms with E-state index in [0.29, 0.717) is 19.3 Å². The van der Waals surface area contributed by atoms with Crippen molar-refractivity contribution in [2.75, 3.05) is 13.2 Å². The Morgan fingerprint density at radius 3 is 2.48 bits per heavy atom. The van der Waals surface area contributed by atoms with Gasteiger partial charge in [-0.15, -0.1) is 17.2 Å². The van der Waals surface area contributed by atoms with E-state index >= 15 is 0 Å². The Morgan fingerprint density at radius 1 is 1.09 bits per heavy atom. The maximum Gasteiger partial charge on any atom is 2.00 e. The monoisotopic (exact) mass is 452 g/mol. The van der Waals surface area contributed by atoms with Gasteiger partial charge in [-0.1, -0.05) is 22.7 Å². The molecule has 1 fully saturated rings. The summed E-state index contributed by atoms with van der Waals surface area (Å²) >= 11 is 6.16. The van der Waals surface area contributed by atoms with Crippen molar-refractivity contribution in [3.05, 3.63) is 64.7 Å². The zero-order valence-corrected chi connectivity index (χ0v) is 17.3. The predicted molar refractivity (Wildman–Crippen MR) is 89.8 cm³/mol. The maximum atomic E-state index is 6.16. The molecule has 3 rings (SSSR count). The molecule has 0 aromatic heterocycles. The van der Waals surface area contributed by atoms with Crippen LogP contribution in [0, 0.1) is 6.07 Å². The first-order chi connectivity index (χ1) is 10.3. The van der Waals surface area contributed by atoms with E-state index in [1.165, 1.54) is 18.4 Å². The minimum atomic E-state index is 0. The molecule has 0 N–H and O–H groups in total. The normalized spacial score (nSPS) is 12.9. The van der Waals surface area contributed by atoms with Gasteiger partial charge in [-0.25, -0.2) is 0 Å². The zero-order chi connectivity index (χ0) is 14.5. The molecule has 0 saturated heterocycles. The first-order valence-corrected chi connectivity index (χ1v) is 7.67. The second-order valence-corrected chi connectivity index (χ2v) is 5.66. The van der Waals surface area contributed by atoms with Crippen LogP contribution in [0.2, 0.25) is 5.02 Å². The van der Waals surface area contributed by atoms with Gasteiger partial charge < -0.3 is 33.5 Å². The van der Waals surface area contributed by atoms with Crippen molar-refractivity contribution < 1.29 is 33.5 Å². The standard InChI is InChI=1S/C18H18ClO2.HI.Mg/c19-18-4-2-1-3-15(18)13-14-5-7-16(8-6-14)20-11-12-21-17-9-10-17;;/h2-8,17H,9-13H2;1H;/q-1;;+2/p-1. The minimum Gasteiger partial charge on any atom is -1.00 e. The fourth-order valence-corrected chi connectivity index (χ4v) is 2.30. The predicted octanol–water partition coefficient (Wildman–Crippen LogP) is 0.912. The summed E-state index contributed by atoms with van der Waals surface area (Å²) in [5, 5.41) is 0.784. The van der Waals surface area contributed by atoms with E-state index in [9.17, 15) is 0 Å². The van der Waals surface area contributed by atoms with Crippen LogP contribution in [0.1, 0.15) is 24.0 Å². The first-order valence-electron chi connectivity index (χ1n) is 7.29. The SMILES string of the molecule is Clc1cc[c-]cc1Cc1ccc(OCCOC2CC2)cc1.[I-].[Mg+2]. The summed E-state index contributed by atoms with van der Waals surface area (Å²) in [7, 11) is 0. The van der Waals surface area contributed by atoms with E-state index in [-0.39, 0.29) is 47.0 Å². The molecule has 1 saturated carbocycles. The second-order valence-electron chi connectivity index (χ2n) is 5.26. The summed E-state index contributed by atoms with van der Waals surface area (Å²) in [5.74, 6) is 0.879. The van der Waals surface area contributed by atoms with Crippen molar-refractivity contribution in [3.8, 4) is 5.75 Å². The van der Waals surface area contributed by atoms with Crippen LogP contribution in [0.3, 0.4) is 0 Å². The molecule has 0 unspecified atom stereocenters. The van der Waals surface area contributed by atoms with Gasteiger partial charge in [0.05, 0.1) is 12.7 Å². The van der Waals surface area contributed by atoms with Crippen LogP contribution in [0.25, 0.3) is 0 Å². The largest absolute Gasteiger partial charge is 2.00 e. The van der Waals surface area contributed by atoms with Crippen LogP contribution in [-0.4, -0.2) is 42.4 Å². The summed E-state index contributed by atoms with van der Waals surface area (Å²) in [6, 6.07) is 16.8. The van der Waals surface area contributed by atoms with Crippen LogP contribution in [0.4, 0.5) is 0 Å². The molecule has 2 nitrogen and oxygen atoms in total. The van der Waals surface area contributed by atoms with E-state index in [1.807, 2.05) is 30.3 Å². The molecule has 2 aromatic carbocycles. The van der Waals surface area contributed by atoms with Crippen molar-refractivity contribution in [2.24, 2.45) is 0 Å². The number of hydrogen-bond donors (Lipinski definition) is 0. The molecule has 0 heterocycles. The summed E-state index contributed by atoms with van der Waals surface area (Å²) in [6.07, 6.45) is 3.70. The molecule has 0 spiro atoms. The Labute approximate surface area is 176 Å². The van der Waals surface area contributed by atoms with Crippen molar-refractivity contribution in [1.29, 1.82) is 0 Å². The molecular formula is C18H18ClIMgO2. The molecule has 1 aliphatic carbocycles. The third kappa shape index (κ3) is 7.17. The topological polar surface area (TPSA) is 18.5 Å². The van der Waals surface area contributed by atoms with Gasteiger partial charge in [0.2, 0.25) is 0 Å². The van der Waals surface area contributed by atoms with E-state index in [4.69, 9.17) is 21.1 Å². The van der Waals surface area contributed by atoms with Gasteiger partial charge in [-0.2, -0.15) is 24.3 Å². The fraction of sp³-hybridized carbons (Fsp3) is 0.333. The van der Waals surface area contributed by atoms with E-state index in [1.54, 1.807) is 0 Å². The van der Waals surface area contributed by atoms with Gasteiger partial charge in [0.15, 0.2) is 0 Å². The number of rotatable bonds is 7. The molecule has 1 aliphatic rings.